The van der Waals surface area contributed by atoms with Crippen LogP contribution >= 0.6 is 11.6 Å². The van der Waals surface area contributed by atoms with E-state index in [0.29, 0.717) is 6.54 Å². The zero-order valence-corrected chi connectivity index (χ0v) is 8.36. The first kappa shape index (κ1) is 11.8. The van der Waals surface area contributed by atoms with Gasteiger partial charge in [-0.3, -0.25) is 0 Å². The molecule has 82 valence electrons. The number of nitrogens with one attached hydrogen (secondary N) is 1. The van der Waals surface area contributed by atoms with Crippen LogP contribution in [0.2, 0.25) is 5.02 Å². The molecule has 0 aliphatic rings. The Morgan fingerprint density at radius 2 is 2.20 bits per heavy atom. The number of alkyl halides is 3. The van der Waals surface area contributed by atoms with Crippen molar-refractivity contribution in [2.75, 3.05) is 11.9 Å². The molecule has 6 heteroatoms. The zero-order chi connectivity index (χ0) is 11.5. The van der Waals surface area contributed by atoms with Gasteiger partial charge >= 0.3 is 6.18 Å². The molecule has 0 spiro atoms. The Balaban J connectivity index is 2.93. The van der Waals surface area contributed by atoms with Crippen molar-refractivity contribution in [1.29, 1.82) is 0 Å². The van der Waals surface area contributed by atoms with Crippen LogP contribution in [0.25, 0.3) is 0 Å². The van der Waals surface area contributed by atoms with Crippen molar-refractivity contribution in [3.63, 3.8) is 0 Å². The molecule has 1 rings (SSSR count). The molecule has 0 saturated heterocycles. The predicted octanol–water partition coefficient (Wildman–Crippen LogP) is 3.35. The molecule has 1 aromatic rings. The summed E-state index contributed by atoms with van der Waals surface area (Å²) in [4.78, 5) is 3.57. The highest BCUT2D eigenvalue weighted by Gasteiger charge is 2.31. The SMILES string of the molecule is C=CCNc1ncc(C(F)(F)F)cc1Cl. The summed E-state index contributed by atoms with van der Waals surface area (Å²) in [6.07, 6.45) is -2.14. The standard InChI is InChI=1S/C9H8ClF3N2/c1-2-3-14-8-7(10)4-6(5-15-8)9(11,12)13/h2,4-5H,1,3H2,(H,14,15). The lowest BCUT2D eigenvalue weighted by Gasteiger charge is -2.09. The number of pyridine rings is 1. The molecule has 1 N–H and O–H groups in total. The van der Waals surface area contributed by atoms with Crippen LogP contribution in [-0.2, 0) is 6.18 Å². The Labute approximate surface area is 89.8 Å². The van der Waals surface area contributed by atoms with E-state index < -0.39 is 11.7 Å². The summed E-state index contributed by atoms with van der Waals surface area (Å²) in [7, 11) is 0. The molecule has 0 unspecified atom stereocenters. The van der Waals surface area contributed by atoms with Gasteiger partial charge in [-0.1, -0.05) is 17.7 Å². The number of nitrogens with zero attached hydrogens (tertiary/aromatic N) is 1. The van der Waals surface area contributed by atoms with Crippen molar-refractivity contribution in [3.05, 3.63) is 35.5 Å². The lowest BCUT2D eigenvalue weighted by atomic mass is 10.3. The molecule has 1 heterocycles. The highest BCUT2D eigenvalue weighted by molar-refractivity contribution is 6.32. The first-order valence-corrected chi connectivity index (χ1v) is 4.40. The van der Waals surface area contributed by atoms with Crippen LogP contribution in [0, 0.1) is 0 Å². The van der Waals surface area contributed by atoms with Crippen LogP contribution in [0.4, 0.5) is 19.0 Å². The van der Waals surface area contributed by atoms with Crippen LogP contribution in [-0.4, -0.2) is 11.5 Å². The number of hydrogen-bond acceptors (Lipinski definition) is 2. The largest absolute Gasteiger partial charge is 0.417 e. The van der Waals surface area contributed by atoms with Crippen molar-refractivity contribution in [1.82, 2.24) is 4.98 Å². The third-order valence-electron chi connectivity index (χ3n) is 1.58. The maximum absolute atomic E-state index is 12.2. The average molecular weight is 237 g/mol. The summed E-state index contributed by atoms with van der Waals surface area (Å²) in [5.41, 5.74) is -0.864. The van der Waals surface area contributed by atoms with E-state index >= 15 is 0 Å². The van der Waals surface area contributed by atoms with E-state index in [9.17, 15) is 13.2 Å². The van der Waals surface area contributed by atoms with Crippen molar-refractivity contribution >= 4 is 17.4 Å². The van der Waals surface area contributed by atoms with Gasteiger partial charge in [-0.25, -0.2) is 4.98 Å². The Kier molecular flexibility index (Phi) is 3.57. The highest BCUT2D eigenvalue weighted by atomic mass is 35.5. The molecular weight excluding hydrogens is 229 g/mol. The second kappa shape index (κ2) is 4.53. The molecule has 0 radical (unpaired) electrons. The zero-order valence-electron chi connectivity index (χ0n) is 7.61. The molecule has 15 heavy (non-hydrogen) atoms. The molecule has 0 amide bonds. The molecule has 0 bridgehead atoms. The van der Waals surface area contributed by atoms with Gasteiger partial charge in [-0.15, -0.1) is 6.58 Å². The highest BCUT2D eigenvalue weighted by Crippen LogP contribution is 2.32. The van der Waals surface area contributed by atoms with Crippen LogP contribution < -0.4 is 5.32 Å². The first-order chi connectivity index (χ1) is 6.95. The molecule has 0 aliphatic carbocycles. The topological polar surface area (TPSA) is 24.9 Å². The minimum Gasteiger partial charge on any atom is -0.365 e. The smallest absolute Gasteiger partial charge is 0.365 e. The van der Waals surface area contributed by atoms with E-state index in [1.807, 2.05) is 0 Å². The fourth-order valence-electron chi connectivity index (χ4n) is 0.892. The van der Waals surface area contributed by atoms with E-state index in [1.54, 1.807) is 6.08 Å². The van der Waals surface area contributed by atoms with E-state index in [1.165, 1.54) is 0 Å². The van der Waals surface area contributed by atoms with Crippen molar-refractivity contribution in [2.24, 2.45) is 0 Å². The van der Waals surface area contributed by atoms with Crippen LogP contribution in [0.1, 0.15) is 5.56 Å². The van der Waals surface area contributed by atoms with E-state index in [2.05, 4.69) is 16.9 Å². The maximum atomic E-state index is 12.2. The van der Waals surface area contributed by atoms with Gasteiger partial charge in [0, 0.05) is 12.7 Å². The fourth-order valence-corrected chi connectivity index (χ4v) is 1.13. The summed E-state index contributed by atoms with van der Waals surface area (Å²) in [5, 5.41) is 2.65. The number of halogens is 4. The van der Waals surface area contributed by atoms with E-state index in [4.69, 9.17) is 11.6 Å². The van der Waals surface area contributed by atoms with Crippen molar-refractivity contribution < 1.29 is 13.2 Å². The second-order valence-electron chi connectivity index (χ2n) is 2.72. The third kappa shape index (κ3) is 3.13. The molecule has 0 saturated carbocycles. The molecular formula is C9H8ClF3N2. The van der Waals surface area contributed by atoms with Crippen LogP contribution in [0.3, 0.4) is 0 Å². The van der Waals surface area contributed by atoms with Crippen molar-refractivity contribution in [3.8, 4) is 0 Å². The predicted molar refractivity (Wildman–Crippen MR) is 52.9 cm³/mol. The number of hydrogen-bond donors (Lipinski definition) is 1. The Morgan fingerprint density at radius 3 is 2.67 bits per heavy atom. The minimum absolute atomic E-state index is 0.0633. The summed E-state index contributed by atoms with van der Waals surface area (Å²) in [5.74, 6) is 0.213. The summed E-state index contributed by atoms with van der Waals surface area (Å²) >= 11 is 5.61. The van der Waals surface area contributed by atoms with Gasteiger partial charge in [0.05, 0.1) is 10.6 Å². The molecule has 0 aliphatic heterocycles. The summed E-state index contributed by atoms with van der Waals surface area (Å²) < 4.78 is 36.6. The molecule has 0 aromatic carbocycles. The minimum atomic E-state index is -4.42. The Hall–Kier alpha value is -1.23. The fraction of sp³-hybridized carbons (Fsp3) is 0.222. The number of anilines is 1. The number of rotatable bonds is 3. The third-order valence-corrected chi connectivity index (χ3v) is 1.87. The molecule has 2 nitrogen and oxygen atoms in total. The maximum Gasteiger partial charge on any atom is 0.417 e. The Bertz CT molecular complexity index is 363. The van der Waals surface area contributed by atoms with E-state index in [0.717, 1.165) is 12.3 Å². The summed E-state index contributed by atoms with van der Waals surface area (Å²) in [6, 6.07) is 0.833. The molecule has 0 fully saturated rings. The summed E-state index contributed by atoms with van der Waals surface area (Å²) in [6.45, 7) is 3.84. The first-order valence-electron chi connectivity index (χ1n) is 4.02. The average Bonchev–Trinajstić information content (AvgIpc) is 2.14. The Morgan fingerprint density at radius 1 is 1.53 bits per heavy atom. The van der Waals surface area contributed by atoms with Gasteiger partial charge in [-0.05, 0) is 6.07 Å². The van der Waals surface area contributed by atoms with Gasteiger partial charge < -0.3 is 5.32 Å². The normalized spacial score (nSPS) is 11.2. The van der Waals surface area contributed by atoms with Gasteiger partial charge in [0.25, 0.3) is 0 Å². The van der Waals surface area contributed by atoms with Gasteiger partial charge in [0.15, 0.2) is 0 Å². The van der Waals surface area contributed by atoms with E-state index in [-0.39, 0.29) is 10.8 Å². The van der Waals surface area contributed by atoms with Gasteiger partial charge in [-0.2, -0.15) is 13.2 Å². The van der Waals surface area contributed by atoms with Gasteiger partial charge in [0.1, 0.15) is 5.82 Å². The van der Waals surface area contributed by atoms with Gasteiger partial charge in [0.2, 0.25) is 0 Å². The quantitative estimate of drug-likeness (QED) is 0.814. The van der Waals surface area contributed by atoms with Crippen LogP contribution in [0.5, 0.6) is 0 Å². The number of aromatic nitrogens is 1. The second-order valence-corrected chi connectivity index (χ2v) is 3.13. The lowest BCUT2D eigenvalue weighted by molar-refractivity contribution is -0.137. The van der Waals surface area contributed by atoms with Crippen LogP contribution in [0.15, 0.2) is 24.9 Å². The monoisotopic (exact) mass is 236 g/mol. The lowest BCUT2D eigenvalue weighted by Crippen LogP contribution is -2.07. The van der Waals surface area contributed by atoms with Crippen molar-refractivity contribution in [2.45, 2.75) is 6.18 Å². The molecule has 1 aromatic heterocycles. The molecule has 0 atom stereocenters.